The largest absolute Gasteiger partial charge is 0.0990 e. The molecule has 2 fully saturated rings. The molecule has 0 aromatic rings. The van der Waals surface area contributed by atoms with E-state index in [0.717, 1.165) is 11.2 Å². The van der Waals surface area contributed by atoms with Gasteiger partial charge in [-0.1, -0.05) is 41.9 Å². The molecule has 0 aromatic heterocycles. The van der Waals surface area contributed by atoms with Gasteiger partial charge in [-0.25, -0.2) is 0 Å². The van der Waals surface area contributed by atoms with Crippen LogP contribution in [0.3, 0.4) is 0 Å². The number of hydrogen-bond donors (Lipinski definition) is 0. The van der Waals surface area contributed by atoms with Gasteiger partial charge in [0.05, 0.1) is 0 Å². The molecule has 2 unspecified atom stereocenters. The van der Waals surface area contributed by atoms with Crippen LogP contribution in [0, 0.1) is 16.7 Å². The summed E-state index contributed by atoms with van der Waals surface area (Å²) in [5.41, 5.74) is 2.42. The van der Waals surface area contributed by atoms with Crippen LogP contribution in [0.2, 0.25) is 0 Å². The Morgan fingerprint density at radius 2 is 2.25 bits per heavy atom. The minimum atomic E-state index is 0.374. The summed E-state index contributed by atoms with van der Waals surface area (Å²) in [7, 11) is 0. The maximum Gasteiger partial charge on any atom is 0.00963 e. The van der Waals surface area contributed by atoms with Gasteiger partial charge in [-0.2, -0.15) is 0 Å². The summed E-state index contributed by atoms with van der Waals surface area (Å²) < 4.78 is 0. The van der Waals surface area contributed by atoms with Crippen molar-refractivity contribution in [3.8, 4) is 0 Å². The van der Waals surface area contributed by atoms with Crippen LogP contribution in [0.5, 0.6) is 0 Å². The normalized spacial score (nSPS) is 43.9. The van der Waals surface area contributed by atoms with Gasteiger partial charge in [0, 0.05) is 5.33 Å². The molecule has 0 radical (unpaired) electrons. The van der Waals surface area contributed by atoms with E-state index in [1.54, 1.807) is 0 Å². The SMILES string of the molecule is C=C1C2CCC(CBr)(C2)C1(C)C. The minimum absolute atomic E-state index is 0.374. The maximum atomic E-state index is 4.26. The third-order valence-electron chi connectivity index (χ3n) is 4.49. The molecule has 1 heteroatoms. The van der Waals surface area contributed by atoms with Crippen LogP contribution >= 0.6 is 15.9 Å². The van der Waals surface area contributed by atoms with Gasteiger partial charge in [0.2, 0.25) is 0 Å². The lowest BCUT2D eigenvalue weighted by atomic mass is 9.64. The molecule has 68 valence electrons. The first-order chi connectivity index (χ1) is 5.53. The summed E-state index contributed by atoms with van der Waals surface area (Å²) in [5, 5.41) is 1.16. The Morgan fingerprint density at radius 1 is 1.58 bits per heavy atom. The summed E-state index contributed by atoms with van der Waals surface area (Å²) in [4.78, 5) is 0. The van der Waals surface area contributed by atoms with Gasteiger partial charge in [-0.15, -0.1) is 0 Å². The molecule has 2 rings (SSSR count). The van der Waals surface area contributed by atoms with E-state index in [0.29, 0.717) is 10.8 Å². The van der Waals surface area contributed by atoms with Gasteiger partial charge in [0.25, 0.3) is 0 Å². The molecule has 0 heterocycles. The highest BCUT2D eigenvalue weighted by Crippen LogP contribution is 2.66. The maximum absolute atomic E-state index is 4.26. The number of allylic oxidation sites excluding steroid dienone is 1. The fraction of sp³-hybridized carbons (Fsp3) is 0.818. The Labute approximate surface area is 83.6 Å². The van der Waals surface area contributed by atoms with Crippen molar-refractivity contribution in [2.45, 2.75) is 33.1 Å². The molecule has 2 atom stereocenters. The van der Waals surface area contributed by atoms with Gasteiger partial charge >= 0.3 is 0 Å². The Morgan fingerprint density at radius 3 is 2.58 bits per heavy atom. The predicted molar refractivity (Wildman–Crippen MR) is 56.5 cm³/mol. The summed E-state index contributed by atoms with van der Waals surface area (Å²) >= 11 is 3.68. The average molecular weight is 229 g/mol. The highest BCUT2D eigenvalue weighted by Gasteiger charge is 2.58. The number of hydrogen-bond acceptors (Lipinski definition) is 0. The van der Waals surface area contributed by atoms with E-state index in [-0.39, 0.29) is 0 Å². The van der Waals surface area contributed by atoms with Crippen LogP contribution < -0.4 is 0 Å². The molecule has 2 bridgehead atoms. The number of alkyl halides is 1. The molecule has 0 aromatic carbocycles. The van der Waals surface area contributed by atoms with Crippen molar-refractivity contribution in [1.82, 2.24) is 0 Å². The smallest absolute Gasteiger partial charge is 0.00963 e. The summed E-state index contributed by atoms with van der Waals surface area (Å²) in [5.74, 6) is 0.831. The fourth-order valence-electron chi connectivity index (χ4n) is 3.13. The summed E-state index contributed by atoms with van der Waals surface area (Å²) in [6.45, 7) is 9.00. The van der Waals surface area contributed by atoms with Crippen molar-refractivity contribution in [2.75, 3.05) is 5.33 Å². The zero-order valence-corrected chi connectivity index (χ0v) is 9.58. The predicted octanol–water partition coefficient (Wildman–Crippen LogP) is 3.76. The van der Waals surface area contributed by atoms with Crippen LogP contribution in [-0.4, -0.2) is 5.33 Å². The van der Waals surface area contributed by atoms with E-state index in [2.05, 4.69) is 36.4 Å². The molecule has 0 N–H and O–H groups in total. The first-order valence-electron chi connectivity index (χ1n) is 4.79. The molecule has 12 heavy (non-hydrogen) atoms. The minimum Gasteiger partial charge on any atom is -0.0990 e. The zero-order valence-electron chi connectivity index (χ0n) is 7.99. The number of rotatable bonds is 1. The Hall–Kier alpha value is 0.220. The third-order valence-corrected chi connectivity index (χ3v) is 5.56. The van der Waals surface area contributed by atoms with E-state index in [1.165, 1.54) is 24.8 Å². The quantitative estimate of drug-likeness (QED) is 0.474. The lowest BCUT2D eigenvalue weighted by Gasteiger charge is -2.42. The Kier molecular flexibility index (Phi) is 1.74. The molecule has 2 aliphatic carbocycles. The zero-order chi connectivity index (χ0) is 8.98. The van der Waals surface area contributed by atoms with E-state index in [1.807, 2.05) is 0 Å². The third kappa shape index (κ3) is 0.787. The number of fused-ring (bicyclic) bond motifs is 2. The highest BCUT2D eigenvalue weighted by atomic mass is 79.9. The van der Waals surface area contributed by atoms with Crippen LogP contribution in [0.1, 0.15) is 33.1 Å². The van der Waals surface area contributed by atoms with Gasteiger partial charge < -0.3 is 0 Å². The first-order valence-corrected chi connectivity index (χ1v) is 5.91. The van der Waals surface area contributed by atoms with Crippen molar-refractivity contribution in [1.29, 1.82) is 0 Å². The van der Waals surface area contributed by atoms with E-state index < -0.39 is 0 Å². The lowest BCUT2D eigenvalue weighted by Crippen LogP contribution is -2.35. The highest BCUT2D eigenvalue weighted by molar-refractivity contribution is 9.09. The molecule has 0 nitrogen and oxygen atoms in total. The molecule has 0 amide bonds. The summed E-state index contributed by atoms with van der Waals surface area (Å²) in [6, 6.07) is 0. The standard InChI is InChI=1S/C11H17Br/c1-8-9-4-5-11(6-9,7-12)10(8,2)3/h9H,1,4-7H2,2-3H3. The van der Waals surface area contributed by atoms with Gasteiger partial charge in [0.15, 0.2) is 0 Å². The van der Waals surface area contributed by atoms with Crippen LogP contribution in [0.25, 0.3) is 0 Å². The van der Waals surface area contributed by atoms with Crippen LogP contribution in [-0.2, 0) is 0 Å². The van der Waals surface area contributed by atoms with Crippen LogP contribution in [0.4, 0.5) is 0 Å². The molecule has 0 saturated heterocycles. The van der Waals surface area contributed by atoms with Crippen molar-refractivity contribution in [2.24, 2.45) is 16.7 Å². The van der Waals surface area contributed by atoms with Gasteiger partial charge in [-0.3, -0.25) is 0 Å². The van der Waals surface area contributed by atoms with Crippen molar-refractivity contribution >= 4 is 15.9 Å². The van der Waals surface area contributed by atoms with E-state index >= 15 is 0 Å². The van der Waals surface area contributed by atoms with Crippen molar-refractivity contribution < 1.29 is 0 Å². The fourth-order valence-corrected chi connectivity index (χ4v) is 4.34. The topological polar surface area (TPSA) is 0 Å². The molecular formula is C11H17Br. The lowest BCUT2D eigenvalue weighted by molar-refractivity contribution is 0.165. The second kappa shape index (κ2) is 2.37. The van der Waals surface area contributed by atoms with Gasteiger partial charge in [0.1, 0.15) is 0 Å². The second-order valence-corrected chi connectivity index (χ2v) is 5.56. The second-order valence-electron chi connectivity index (χ2n) is 5.00. The Bertz CT molecular complexity index is 229. The van der Waals surface area contributed by atoms with Crippen LogP contribution in [0.15, 0.2) is 12.2 Å². The van der Waals surface area contributed by atoms with E-state index in [4.69, 9.17) is 0 Å². The molecule has 2 saturated carbocycles. The molecule has 2 aliphatic rings. The van der Waals surface area contributed by atoms with Crippen molar-refractivity contribution in [3.63, 3.8) is 0 Å². The molecule has 0 spiro atoms. The number of halogens is 1. The molecular weight excluding hydrogens is 212 g/mol. The molecule has 0 aliphatic heterocycles. The van der Waals surface area contributed by atoms with E-state index in [9.17, 15) is 0 Å². The monoisotopic (exact) mass is 228 g/mol. The summed E-state index contributed by atoms with van der Waals surface area (Å²) in [6.07, 6.45) is 4.16. The van der Waals surface area contributed by atoms with Crippen molar-refractivity contribution in [3.05, 3.63) is 12.2 Å². The Balaban J connectivity index is 2.41. The van der Waals surface area contributed by atoms with Gasteiger partial charge in [-0.05, 0) is 36.0 Å². The average Bonchev–Trinajstić information content (AvgIpc) is 2.53. The first kappa shape index (κ1) is 8.80.